The summed E-state index contributed by atoms with van der Waals surface area (Å²) >= 11 is 0. The summed E-state index contributed by atoms with van der Waals surface area (Å²) in [5.41, 5.74) is 2.11. The van der Waals surface area contributed by atoms with Gasteiger partial charge in [-0.2, -0.15) is 0 Å². The molecular formula is C16H21KN4O3S. The Morgan fingerprint density at radius 1 is 1.20 bits per heavy atom. The Bertz CT molecular complexity index is 841. The number of hydrogen-bond donors (Lipinski definition) is 3. The molecule has 1 aromatic carbocycles. The molecule has 0 atom stereocenters. The van der Waals surface area contributed by atoms with Crippen LogP contribution < -0.4 is 15.4 Å². The van der Waals surface area contributed by atoms with Crippen LogP contribution >= 0.6 is 0 Å². The van der Waals surface area contributed by atoms with Gasteiger partial charge in [-0.25, -0.2) is 17.9 Å². The summed E-state index contributed by atoms with van der Waals surface area (Å²) in [6.07, 6.45) is 2.68. The maximum atomic E-state index is 12.5. The molecule has 3 N–H and O–H groups in total. The van der Waals surface area contributed by atoms with E-state index in [1.807, 2.05) is 35.9 Å². The Balaban J connectivity index is 0.00000312. The first-order chi connectivity index (χ1) is 11.3. The number of carbonyl (C=O) groups excluding carboxylic acids is 1. The Kier molecular flexibility index (Phi) is 8.52. The average molecular weight is 389 g/mol. The summed E-state index contributed by atoms with van der Waals surface area (Å²) in [6.45, 7) is 5.41. The van der Waals surface area contributed by atoms with Crippen molar-refractivity contribution in [3.63, 3.8) is 0 Å². The van der Waals surface area contributed by atoms with Crippen molar-refractivity contribution >= 4 is 78.8 Å². The minimum absolute atomic E-state index is 0. The second kappa shape index (κ2) is 9.65. The van der Waals surface area contributed by atoms with E-state index < -0.39 is 16.1 Å². The van der Waals surface area contributed by atoms with Gasteiger partial charge in [0.2, 0.25) is 0 Å². The number of urea groups is 1. The molecule has 0 saturated heterocycles. The maximum absolute atomic E-state index is 12.5. The van der Waals surface area contributed by atoms with E-state index in [-0.39, 0.29) is 62.3 Å². The third kappa shape index (κ3) is 6.68. The SMILES string of the molecule is Cc1cccc(Nc2ccncc2S(=O)(=O)NC(=O)NC(C)C)c1.[KH]. The zero-order valence-electron chi connectivity index (χ0n) is 13.7. The molecule has 0 saturated carbocycles. The number of carbonyl (C=O) groups is 1. The number of aryl methyl sites for hydroxylation is 1. The second-order valence-corrected chi connectivity index (χ2v) is 7.25. The predicted octanol–water partition coefficient (Wildman–Crippen LogP) is 1.88. The fourth-order valence-corrected chi connectivity index (χ4v) is 3.07. The molecule has 0 aliphatic rings. The zero-order valence-corrected chi connectivity index (χ0v) is 14.5. The van der Waals surface area contributed by atoms with Crippen molar-refractivity contribution in [3.8, 4) is 0 Å². The number of benzene rings is 1. The summed E-state index contributed by atoms with van der Waals surface area (Å²) < 4.78 is 26.9. The molecule has 0 spiro atoms. The van der Waals surface area contributed by atoms with Gasteiger partial charge in [0.05, 0.1) is 5.69 Å². The summed E-state index contributed by atoms with van der Waals surface area (Å²) in [4.78, 5) is 15.5. The first-order valence-corrected chi connectivity index (χ1v) is 8.87. The van der Waals surface area contributed by atoms with Gasteiger partial charge >= 0.3 is 57.4 Å². The van der Waals surface area contributed by atoms with E-state index in [0.717, 1.165) is 11.3 Å². The standard InChI is InChI=1S/C16H20N4O3S.K.H/c1-11(2)18-16(21)20-24(22,23)15-10-17-8-7-14(15)19-13-6-4-5-12(3)9-13;;/h4-11H,1-3H3,(H,17,19)(H2,18,20,21);;. The first kappa shape index (κ1) is 22.1. The molecule has 2 aromatic rings. The number of nitrogens with one attached hydrogen (secondary N) is 3. The van der Waals surface area contributed by atoms with Crippen molar-refractivity contribution in [2.24, 2.45) is 0 Å². The van der Waals surface area contributed by atoms with E-state index in [1.165, 1.54) is 18.5 Å². The van der Waals surface area contributed by atoms with Crippen molar-refractivity contribution in [1.29, 1.82) is 0 Å². The van der Waals surface area contributed by atoms with E-state index in [0.29, 0.717) is 5.69 Å². The van der Waals surface area contributed by atoms with Gasteiger partial charge < -0.3 is 10.6 Å². The number of hydrogen-bond acceptors (Lipinski definition) is 5. The minimum atomic E-state index is -4.05. The van der Waals surface area contributed by atoms with Gasteiger partial charge in [-0.05, 0) is 44.5 Å². The first-order valence-electron chi connectivity index (χ1n) is 7.39. The molecule has 1 aromatic heterocycles. The van der Waals surface area contributed by atoms with Crippen LogP contribution in [0.3, 0.4) is 0 Å². The molecule has 7 nitrogen and oxygen atoms in total. The van der Waals surface area contributed by atoms with Crippen molar-refractivity contribution in [2.75, 3.05) is 5.32 Å². The van der Waals surface area contributed by atoms with E-state index in [4.69, 9.17) is 0 Å². The number of pyridine rings is 1. The molecule has 0 aliphatic heterocycles. The molecule has 130 valence electrons. The number of amides is 2. The van der Waals surface area contributed by atoms with E-state index >= 15 is 0 Å². The van der Waals surface area contributed by atoms with Crippen LogP contribution in [0.25, 0.3) is 0 Å². The molecule has 0 unspecified atom stereocenters. The number of nitrogens with zero attached hydrogens (tertiary/aromatic N) is 1. The van der Waals surface area contributed by atoms with Crippen LogP contribution in [0, 0.1) is 6.92 Å². The van der Waals surface area contributed by atoms with Crippen molar-refractivity contribution in [1.82, 2.24) is 15.0 Å². The predicted molar refractivity (Wildman–Crippen MR) is 99.8 cm³/mol. The number of rotatable bonds is 5. The molecule has 9 heteroatoms. The Hall–Kier alpha value is -0.974. The van der Waals surface area contributed by atoms with E-state index in [2.05, 4.69) is 15.6 Å². The molecule has 0 fully saturated rings. The Morgan fingerprint density at radius 2 is 1.92 bits per heavy atom. The van der Waals surface area contributed by atoms with Gasteiger partial charge in [0.1, 0.15) is 4.90 Å². The van der Waals surface area contributed by atoms with Gasteiger partial charge in [-0.15, -0.1) is 0 Å². The van der Waals surface area contributed by atoms with Gasteiger partial charge in [-0.3, -0.25) is 4.98 Å². The van der Waals surface area contributed by atoms with Crippen molar-refractivity contribution in [2.45, 2.75) is 31.7 Å². The summed E-state index contributed by atoms with van der Waals surface area (Å²) in [5.74, 6) is 0. The van der Waals surface area contributed by atoms with E-state index in [9.17, 15) is 13.2 Å². The van der Waals surface area contributed by atoms with Crippen LogP contribution in [0.1, 0.15) is 19.4 Å². The topological polar surface area (TPSA) is 100 Å². The molecule has 0 bridgehead atoms. The van der Waals surface area contributed by atoms with Crippen molar-refractivity contribution in [3.05, 3.63) is 48.3 Å². The molecule has 2 amide bonds. The van der Waals surface area contributed by atoms with Gasteiger partial charge in [-0.1, -0.05) is 12.1 Å². The fraction of sp³-hybridized carbons (Fsp3) is 0.250. The van der Waals surface area contributed by atoms with Crippen LogP contribution in [0.5, 0.6) is 0 Å². The molecule has 0 radical (unpaired) electrons. The Labute approximate surface area is 190 Å². The van der Waals surface area contributed by atoms with Crippen LogP contribution in [-0.4, -0.2) is 76.9 Å². The number of aromatic nitrogens is 1. The fourth-order valence-electron chi connectivity index (χ4n) is 2.04. The van der Waals surface area contributed by atoms with Gasteiger partial charge in [0.25, 0.3) is 10.0 Å². The normalized spacial score (nSPS) is 10.7. The number of sulfonamides is 1. The summed E-state index contributed by atoms with van der Waals surface area (Å²) in [5, 5.41) is 5.52. The van der Waals surface area contributed by atoms with Crippen LogP contribution in [0.4, 0.5) is 16.2 Å². The second-order valence-electron chi connectivity index (χ2n) is 5.60. The molecule has 1 heterocycles. The average Bonchev–Trinajstić information content (AvgIpc) is 2.46. The molecular weight excluding hydrogens is 367 g/mol. The zero-order chi connectivity index (χ0) is 17.7. The molecule has 2 rings (SSSR count). The van der Waals surface area contributed by atoms with Crippen LogP contribution in [0.15, 0.2) is 47.6 Å². The van der Waals surface area contributed by atoms with Gasteiger partial charge in [0, 0.05) is 24.1 Å². The van der Waals surface area contributed by atoms with Crippen LogP contribution in [0.2, 0.25) is 0 Å². The molecule has 0 aliphatic carbocycles. The van der Waals surface area contributed by atoms with Gasteiger partial charge in [0.15, 0.2) is 0 Å². The van der Waals surface area contributed by atoms with E-state index in [1.54, 1.807) is 13.8 Å². The van der Waals surface area contributed by atoms with Crippen molar-refractivity contribution < 1.29 is 13.2 Å². The monoisotopic (exact) mass is 388 g/mol. The quantitative estimate of drug-likeness (QED) is 0.679. The summed E-state index contributed by atoms with van der Waals surface area (Å²) in [7, 11) is -4.05. The summed E-state index contributed by atoms with van der Waals surface area (Å²) in [6, 6.07) is 8.08. The third-order valence-electron chi connectivity index (χ3n) is 3.02. The number of anilines is 2. The third-order valence-corrected chi connectivity index (χ3v) is 4.38. The Morgan fingerprint density at radius 3 is 2.56 bits per heavy atom. The molecule has 25 heavy (non-hydrogen) atoms. The van der Waals surface area contributed by atoms with Crippen LogP contribution in [-0.2, 0) is 10.0 Å².